The first kappa shape index (κ1) is 13.0. The molecule has 0 heterocycles. The van der Waals surface area contributed by atoms with Gasteiger partial charge in [0.1, 0.15) is 0 Å². The van der Waals surface area contributed by atoms with E-state index in [1.54, 1.807) is 12.1 Å². The molecular weight excluding hydrogens is 265 g/mol. The number of hydrogen-bond acceptors (Lipinski definition) is 1. The summed E-state index contributed by atoms with van der Waals surface area (Å²) in [5, 5.41) is 10.5. The molecule has 0 bridgehead atoms. The molecule has 1 atom stereocenters. The summed E-state index contributed by atoms with van der Waals surface area (Å²) in [6.07, 6.45) is 0.594. The molecule has 2 rings (SSSR count). The van der Waals surface area contributed by atoms with E-state index in [9.17, 15) is 5.26 Å². The van der Waals surface area contributed by atoms with Crippen molar-refractivity contribution >= 4 is 23.2 Å². The summed E-state index contributed by atoms with van der Waals surface area (Å²) in [6, 6.07) is 17.4. The molecule has 0 N–H and O–H groups in total. The minimum Gasteiger partial charge on any atom is -0.198 e. The third-order valence-corrected chi connectivity index (χ3v) is 3.38. The topological polar surface area (TPSA) is 23.8 Å². The second-order valence-electron chi connectivity index (χ2n) is 4.03. The van der Waals surface area contributed by atoms with Crippen LogP contribution in [0, 0.1) is 11.3 Å². The van der Waals surface area contributed by atoms with E-state index in [0.29, 0.717) is 16.5 Å². The summed E-state index contributed by atoms with van der Waals surface area (Å²) in [5.74, 6) is -0.190. The van der Waals surface area contributed by atoms with Crippen molar-refractivity contribution in [3.05, 3.63) is 69.7 Å². The minimum atomic E-state index is -0.190. The van der Waals surface area contributed by atoms with Crippen LogP contribution < -0.4 is 0 Å². The summed E-state index contributed by atoms with van der Waals surface area (Å²) in [4.78, 5) is 0. The van der Waals surface area contributed by atoms with Crippen LogP contribution in [0.2, 0.25) is 10.0 Å². The molecule has 0 aromatic heterocycles. The predicted octanol–water partition coefficient (Wildman–Crippen LogP) is 4.84. The zero-order valence-electron chi connectivity index (χ0n) is 9.61. The van der Waals surface area contributed by atoms with E-state index in [2.05, 4.69) is 6.07 Å². The summed E-state index contributed by atoms with van der Waals surface area (Å²) in [7, 11) is 0. The van der Waals surface area contributed by atoms with Gasteiger partial charge in [0.2, 0.25) is 0 Å². The van der Waals surface area contributed by atoms with Crippen molar-refractivity contribution < 1.29 is 0 Å². The highest BCUT2D eigenvalue weighted by Crippen LogP contribution is 2.27. The van der Waals surface area contributed by atoms with Gasteiger partial charge >= 0.3 is 0 Å². The van der Waals surface area contributed by atoms with Crippen molar-refractivity contribution in [3.8, 4) is 6.07 Å². The minimum absolute atomic E-state index is 0.190. The monoisotopic (exact) mass is 275 g/mol. The second-order valence-corrected chi connectivity index (χ2v) is 4.88. The Kier molecular flexibility index (Phi) is 4.25. The maximum Gasteiger partial charge on any atom is 0.0753 e. The highest BCUT2D eigenvalue weighted by atomic mass is 35.5. The zero-order chi connectivity index (χ0) is 13.0. The first-order valence-corrected chi connectivity index (χ1v) is 6.35. The van der Waals surface area contributed by atoms with Gasteiger partial charge in [0.05, 0.1) is 12.0 Å². The molecule has 0 aliphatic heterocycles. The van der Waals surface area contributed by atoms with Gasteiger partial charge in [0.15, 0.2) is 0 Å². The van der Waals surface area contributed by atoms with Gasteiger partial charge in [-0.3, -0.25) is 0 Å². The summed E-state index contributed by atoms with van der Waals surface area (Å²) >= 11 is 12.0. The SMILES string of the molecule is N#CC(Cc1ccc(Cl)cc1Cl)c1ccccc1. The predicted molar refractivity (Wildman–Crippen MR) is 75.0 cm³/mol. The molecule has 0 amide bonds. The van der Waals surface area contributed by atoms with Gasteiger partial charge in [0.25, 0.3) is 0 Å². The largest absolute Gasteiger partial charge is 0.198 e. The van der Waals surface area contributed by atoms with Crippen molar-refractivity contribution in [3.63, 3.8) is 0 Å². The van der Waals surface area contributed by atoms with Crippen molar-refractivity contribution in [2.75, 3.05) is 0 Å². The van der Waals surface area contributed by atoms with Crippen LogP contribution in [0.3, 0.4) is 0 Å². The van der Waals surface area contributed by atoms with Crippen LogP contribution in [0.15, 0.2) is 48.5 Å². The lowest BCUT2D eigenvalue weighted by Gasteiger charge is -2.11. The summed E-state index contributed by atoms with van der Waals surface area (Å²) < 4.78 is 0. The Morgan fingerprint density at radius 1 is 1.06 bits per heavy atom. The number of halogens is 2. The van der Waals surface area contributed by atoms with Crippen LogP contribution in [0.5, 0.6) is 0 Å². The van der Waals surface area contributed by atoms with Gasteiger partial charge in [0, 0.05) is 10.0 Å². The highest BCUT2D eigenvalue weighted by molar-refractivity contribution is 6.35. The highest BCUT2D eigenvalue weighted by Gasteiger charge is 2.13. The van der Waals surface area contributed by atoms with Crippen LogP contribution in [0.4, 0.5) is 0 Å². The smallest absolute Gasteiger partial charge is 0.0753 e. The zero-order valence-corrected chi connectivity index (χ0v) is 11.1. The van der Waals surface area contributed by atoms with Crippen LogP contribution in [-0.2, 0) is 6.42 Å². The van der Waals surface area contributed by atoms with E-state index in [1.807, 2.05) is 36.4 Å². The molecule has 0 fully saturated rings. The standard InChI is InChI=1S/C15H11Cl2N/c16-14-7-6-12(15(17)9-14)8-13(10-18)11-4-2-1-3-5-11/h1-7,9,13H,8H2. The Morgan fingerprint density at radius 3 is 2.39 bits per heavy atom. The number of nitrogens with zero attached hydrogens (tertiary/aromatic N) is 1. The lowest BCUT2D eigenvalue weighted by molar-refractivity contribution is 0.849. The average molecular weight is 276 g/mol. The summed E-state index contributed by atoms with van der Waals surface area (Å²) in [5.41, 5.74) is 1.95. The molecule has 0 radical (unpaired) electrons. The van der Waals surface area contributed by atoms with Crippen molar-refractivity contribution in [2.24, 2.45) is 0 Å². The molecule has 0 aliphatic rings. The fraction of sp³-hybridized carbons (Fsp3) is 0.133. The third kappa shape index (κ3) is 3.04. The third-order valence-electron chi connectivity index (χ3n) is 2.80. The molecule has 0 aliphatic carbocycles. The molecule has 90 valence electrons. The normalized spacial score (nSPS) is 11.8. The Labute approximate surface area is 117 Å². The van der Waals surface area contributed by atoms with Crippen molar-refractivity contribution in [1.29, 1.82) is 5.26 Å². The van der Waals surface area contributed by atoms with Crippen LogP contribution >= 0.6 is 23.2 Å². The molecule has 2 aromatic rings. The molecule has 2 aromatic carbocycles. The Bertz CT molecular complexity index is 573. The maximum atomic E-state index is 9.27. The number of hydrogen-bond donors (Lipinski definition) is 0. The number of rotatable bonds is 3. The fourth-order valence-electron chi connectivity index (χ4n) is 1.83. The molecule has 1 unspecified atom stereocenters. The fourth-order valence-corrected chi connectivity index (χ4v) is 2.32. The van der Waals surface area contributed by atoms with E-state index in [-0.39, 0.29) is 5.92 Å². The Hall–Kier alpha value is -1.49. The van der Waals surface area contributed by atoms with Crippen LogP contribution in [-0.4, -0.2) is 0 Å². The van der Waals surface area contributed by atoms with Gasteiger partial charge in [-0.05, 0) is 29.7 Å². The van der Waals surface area contributed by atoms with E-state index in [0.717, 1.165) is 11.1 Å². The molecule has 0 saturated carbocycles. The van der Waals surface area contributed by atoms with E-state index in [4.69, 9.17) is 23.2 Å². The van der Waals surface area contributed by atoms with Gasteiger partial charge < -0.3 is 0 Å². The van der Waals surface area contributed by atoms with Gasteiger partial charge in [-0.25, -0.2) is 0 Å². The van der Waals surface area contributed by atoms with Crippen LogP contribution in [0.1, 0.15) is 17.0 Å². The molecule has 3 heteroatoms. The van der Waals surface area contributed by atoms with Crippen molar-refractivity contribution in [1.82, 2.24) is 0 Å². The van der Waals surface area contributed by atoms with Crippen molar-refractivity contribution in [2.45, 2.75) is 12.3 Å². The lowest BCUT2D eigenvalue weighted by Crippen LogP contribution is -2.00. The molecule has 18 heavy (non-hydrogen) atoms. The Morgan fingerprint density at radius 2 is 1.78 bits per heavy atom. The molecule has 0 spiro atoms. The first-order valence-electron chi connectivity index (χ1n) is 5.59. The number of nitriles is 1. The molecule has 1 nitrogen and oxygen atoms in total. The molecule has 0 saturated heterocycles. The Balaban J connectivity index is 2.24. The molecular formula is C15H11Cl2N. The first-order chi connectivity index (χ1) is 8.70. The van der Waals surface area contributed by atoms with E-state index in [1.165, 1.54) is 0 Å². The van der Waals surface area contributed by atoms with Gasteiger partial charge in [-0.15, -0.1) is 0 Å². The van der Waals surface area contributed by atoms with Crippen LogP contribution in [0.25, 0.3) is 0 Å². The quantitative estimate of drug-likeness (QED) is 0.786. The maximum absolute atomic E-state index is 9.27. The van der Waals surface area contributed by atoms with Gasteiger partial charge in [-0.1, -0.05) is 59.6 Å². The second kappa shape index (κ2) is 5.91. The van der Waals surface area contributed by atoms with Gasteiger partial charge in [-0.2, -0.15) is 5.26 Å². The average Bonchev–Trinajstić information content (AvgIpc) is 2.39. The lowest BCUT2D eigenvalue weighted by atomic mass is 9.93. The number of benzene rings is 2. The van der Waals surface area contributed by atoms with E-state index < -0.39 is 0 Å². The summed E-state index contributed by atoms with van der Waals surface area (Å²) in [6.45, 7) is 0. The van der Waals surface area contributed by atoms with E-state index >= 15 is 0 Å².